The summed E-state index contributed by atoms with van der Waals surface area (Å²) in [6.45, 7) is 1.95. The second-order valence-corrected chi connectivity index (χ2v) is 8.10. The number of carbonyl (C=O) groups is 3. The Hall–Kier alpha value is -2.74. The molecule has 1 N–H and O–H groups in total. The molecule has 1 aliphatic carbocycles. The average molecular weight is 398 g/mol. The van der Waals surface area contributed by atoms with E-state index in [1.807, 2.05) is 42.6 Å². The molecule has 0 radical (unpaired) electrons. The van der Waals surface area contributed by atoms with Crippen LogP contribution in [0.15, 0.2) is 35.7 Å². The van der Waals surface area contributed by atoms with Crippen molar-refractivity contribution in [3.8, 4) is 0 Å². The largest absolute Gasteiger partial charge is 0.325 e. The highest BCUT2D eigenvalue weighted by Crippen LogP contribution is 2.35. The van der Waals surface area contributed by atoms with Crippen molar-refractivity contribution in [3.05, 3.63) is 41.4 Å². The minimum Gasteiger partial charge on any atom is -0.323 e. The molecule has 7 nitrogen and oxygen atoms in total. The Bertz CT molecular complexity index is 905. The minimum absolute atomic E-state index is 0.0444. The van der Waals surface area contributed by atoms with Gasteiger partial charge in [-0.2, -0.15) is 0 Å². The van der Waals surface area contributed by atoms with Crippen molar-refractivity contribution in [1.29, 1.82) is 0 Å². The van der Waals surface area contributed by atoms with Gasteiger partial charge in [-0.05, 0) is 31.9 Å². The molecule has 1 aromatic carbocycles. The molecule has 146 valence electrons. The van der Waals surface area contributed by atoms with Crippen LogP contribution in [0.25, 0.3) is 0 Å². The number of aromatic nitrogens is 1. The molecule has 0 unspecified atom stereocenters. The summed E-state index contributed by atoms with van der Waals surface area (Å²) in [5.74, 6) is -0.396. The van der Waals surface area contributed by atoms with Crippen LogP contribution in [0.3, 0.4) is 0 Å². The van der Waals surface area contributed by atoms with Gasteiger partial charge in [0.1, 0.15) is 5.54 Å². The Balaban J connectivity index is 1.51. The van der Waals surface area contributed by atoms with Gasteiger partial charge >= 0.3 is 6.03 Å². The fourth-order valence-electron chi connectivity index (χ4n) is 3.90. The van der Waals surface area contributed by atoms with Crippen LogP contribution < -0.4 is 10.2 Å². The van der Waals surface area contributed by atoms with Crippen LogP contribution >= 0.6 is 11.3 Å². The number of hydrogen-bond acceptors (Lipinski definition) is 5. The lowest BCUT2D eigenvalue weighted by Crippen LogP contribution is -2.44. The number of imide groups is 1. The minimum atomic E-state index is -0.744. The number of nitrogens with one attached hydrogen (secondary N) is 1. The molecule has 2 aromatic rings. The number of anilines is 2. The fourth-order valence-corrected chi connectivity index (χ4v) is 4.74. The SMILES string of the molecule is Cc1csc(N(C(=O)CCN2C(=O)NC3(CCCC3)C2=O)c2ccccc2)n1. The molecule has 4 rings (SSSR count). The molecule has 28 heavy (non-hydrogen) atoms. The van der Waals surface area contributed by atoms with Crippen molar-refractivity contribution in [2.75, 3.05) is 11.4 Å². The number of urea groups is 1. The van der Waals surface area contributed by atoms with E-state index in [0.29, 0.717) is 23.7 Å². The van der Waals surface area contributed by atoms with Crippen LogP contribution in [-0.2, 0) is 9.59 Å². The standard InChI is InChI=1S/C20H22N4O3S/c1-14-13-28-19(21-14)24(15-7-3-2-4-8-15)16(25)9-12-23-17(26)20(22-18(23)27)10-5-6-11-20/h2-4,7-8,13H,5-6,9-12H2,1H3,(H,22,27). The van der Waals surface area contributed by atoms with Gasteiger partial charge in [0.05, 0.1) is 11.4 Å². The van der Waals surface area contributed by atoms with E-state index in [9.17, 15) is 14.4 Å². The molecule has 8 heteroatoms. The van der Waals surface area contributed by atoms with Crippen LogP contribution in [0.4, 0.5) is 15.6 Å². The molecule has 2 heterocycles. The van der Waals surface area contributed by atoms with Crippen LogP contribution in [0.1, 0.15) is 37.8 Å². The van der Waals surface area contributed by atoms with Gasteiger partial charge in [-0.3, -0.25) is 19.4 Å². The van der Waals surface area contributed by atoms with E-state index in [1.165, 1.54) is 16.2 Å². The maximum Gasteiger partial charge on any atom is 0.325 e. The molecule has 2 aliphatic rings. The van der Waals surface area contributed by atoms with Crippen LogP contribution in [-0.4, -0.2) is 39.8 Å². The highest BCUT2D eigenvalue weighted by Gasteiger charge is 2.52. The zero-order chi connectivity index (χ0) is 19.7. The normalized spacial score (nSPS) is 18.0. The van der Waals surface area contributed by atoms with Crippen LogP contribution in [0.2, 0.25) is 0 Å². The van der Waals surface area contributed by atoms with Gasteiger partial charge < -0.3 is 5.32 Å². The van der Waals surface area contributed by atoms with Crippen LogP contribution in [0.5, 0.6) is 0 Å². The van der Waals surface area contributed by atoms with Gasteiger partial charge in [0.15, 0.2) is 5.13 Å². The predicted molar refractivity (Wildman–Crippen MR) is 106 cm³/mol. The zero-order valence-corrected chi connectivity index (χ0v) is 16.5. The van der Waals surface area contributed by atoms with Gasteiger partial charge in [0.2, 0.25) is 5.91 Å². The summed E-state index contributed by atoms with van der Waals surface area (Å²) in [6, 6.07) is 8.89. The van der Waals surface area contributed by atoms with E-state index < -0.39 is 11.6 Å². The first-order valence-electron chi connectivity index (χ1n) is 9.44. The van der Waals surface area contributed by atoms with Gasteiger partial charge in [0.25, 0.3) is 5.91 Å². The summed E-state index contributed by atoms with van der Waals surface area (Å²) in [4.78, 5) is 45.4. The molecular formula is C20H22N4O3S. The third-order valence-corrected chi connectivity index (χ3v) is 6.26. The number of para-hydroxylation sites is 1. The summed E-state index contributed by atoms with van der Waals surface area (Å²) in [6.07, 6.45) is 3.27. The first kappa shape index (κ1) is 18.6. The molecule has 2 fully saturated rings. The summed E-state index contributed by atoms with van der Waals surface area (Å²) in [5, 5.41) is 5.32. The van der Waals surface area contributed by atoms with E-state index in [1.54, 1.807) is 4.90 Å². The molecule has 1 saturated carbocycles. The number of rotatable bonds is 5. The van der Waals surface area contributed by atoms with Crippen molar-refractivity contribution < 1.29 is 14.4 Å². The van der Waals surface area contributed by atoms with Crippen molar-refractivity contribution >= 4 is 40.0 Å². The maximum absolute atomic E-state index is 13.1. The summed E-state index contributed by atoms with van der Waals surface area (Å²) >= 11 is 1.39. The number of thiazole rings is 1. The average Bonchev–Trinajstić information content (AvgIpc) is 3.37. The topological polar surface area (TPSA) is 82.6 Å². The Morgan fingerprint density at radius 2 is 1.96 bits per heavy atom. The molecular weight excluding hydrogens is 376 g/mol. The van der Waals surface area contributed by atoms with Crippen molar-refractivity contribution in [3.63, 3.8) is 0 Å². The Morgan fingerprint density at radius 1 is 1.25 bits per heavy atom. The van der Waals surface area contributed by atoms with Gasteiger partial charge in [-0.25, -0.2) is 9.78 Å². The van der Waals surface area contributed by atoms with Crippen LogP contribution in [0, 0.1) is 6.92 Å². The lowest BCUT2D eigenvalue weighted by molar-refractivity contribution is -0.131. The Kier molecular flexibility index (Phi) is 4.89. The smallest absolute Gasteiger partial charge is 0.323 e. The van der Waals surface area contributed by atoms with E-state index in [2.05, 4.69) is 10.3 Å². The second-order valence-electron chi connectivity index (χ2n) is 7.26. The number of nitrogens with zero attached hydrogens (tertiary/aromatic N) is 3. The molecule has 1 aromatic heterocycles. The van der Waals surface area contributed by atoms with E-state index in [0.717, 1.165) is 18.5 Å². The quantitative estimate of drug-likeness (QED) is 0.783. The van der Waals surface area contributed by atoms with Crippen molar-refractivity contribution in [1.82, 2.24) is 15.2 Å². The third kappa shape index (κ3) is 3.28. The van der Waals surface area contributed by atoms with E-state index in [4.69, 9.17) is 0 Å². The molecule has 0 bridgehead atoms. The summed E-state index contributed by atoms with van der Waals surface area (Å²) in [5.41, 5.74) is 0.809. The third-order valence-electron chi connectivity index (χ3n) is 5.31. The molecule has 1 spiro atoms. The first-order valence-corrected chi connectivity index (χ1v) is 10.3. The molecule has 4 amide bonds. The number of hydrogen-bond donors (Lipinski definition) is 1. The van der Waals surface area contributed by atoms with Gasteiger partial charge in [-0.15, -0.1) is 11.3 Å². The lowest BCUT2D eigenvalue weighted by Gasteiger charge is -2.22. The van der Waals surface area contributed by atoms with Crippen molar-refractivity contribution in [2.24, 2.45) is 0 Å². The maximum atomic E-state index is 13.1. The first-order chi connectivity index (χ1) is 13.5. The summed E-state index contributed by atoms with van der Waals surface area (Å²) < 4.78 is 0. The molecule has 1 aliphatic heterocycles. The fraction of sp³-hybridized carbons (Fsp3) is 0.400. The van der Waals surface area contributed by atoms with E-state index in [-0.39, 0.29) is 24.8 Å². The molecule has 0 atom stereocenters. The highest BCUT2D eigenvalue weighted by atomic mass is 32.1. The van der Waals surface area contributed by atoms with E-state index >= 15 is 0 Å². The number of amides is 4. The lowest BCUT2D eigenvalue weighted by atomic mass is 9.98. The summed E-state index contributed by atoms with van der Waals surface area (Å²) in [7, 11) is 0. The number of benzene rings is 1. The Morgan fingerprint density at radius 3 is 2.61 bits per heavy atom. The Labute approximate surface area is 167 Å². The number of carbonyl (C=O) groups excluding carboxylic acids is 3. The number of aryl methyl sites for hydroxylation is 1. The molecule has 1 saturated heterocycles. The highest BCUT2D eigenvalue weighted by molar-refractivity contribution is 7.14. The van der Waals surface area contributed by atoms with Gasteiger partial charge in [0, 0.05) is 18.3 Å². The van der Waals surface area contributed by atoms with Gasteiger partial charge in [-0.1, -0.05) is 31.0 Å². The zero-order valence-electron chi connectivity index (χ0n) is 15.7. The monoisotopic (exact) mass is 398 g/mol. The second kappa shape index (κ2) is 7.35. The predicted octanol–water partition coefficient (Wildman–Crippen LogP) is 3.37. The van der Waals surface area contributed by atoms with Crippen molar-refractivity contribution in [2.45, 2.75) is 44.6 Å².